The van der Waals surface area contributed by atoms with Crippen molar-refractivity contribution >= 4 is 21.6 Å². The van der Waals surface area contributed by atoms with Gasteiger partial charge in [0.15, 0.2) is 0 Å². The molecule has 0 unspecified atom stereocenters. The molecule has 4 nitrogen and oxygen atoms in total. The summed E-state index contributed by atoms with van der Waals surface area (Å²) >= 11 is 3.19. The van der Waals surface area contributed by atoms with Crippen molar-refractivity contribution in [3.05, 3.63) is 38.3 Å². The van der Waals surface area contributed by atoms with Crippen LogP contribution in [0.5, 0.6) is 0 Å². The summed E-state index contributed by atoms with van der Waals surface area (Å²) in [5, 5.41) is 10.8. The molecule has 0 radical (unpaired) electrons. The van der Waals surface area contributed by atoms with Crippen LogP contribution in [-0.4, -0.2) is 11.5 Å². The van der Waals surface area contributed by atoms with Gasteiger partial charge in [-0.25, -0.2) is 0 Å². The van der Waals surface area contributed by atoms with Crippen molar-refractivity contribution in [1.82, 2.24) is 0 Å². The number of nitro groups is 1. The van der Waals surface area contributed by atoms with Crippen LogP contribution in [0.15, 0.2) is 22.7 Å². The Balaban J connectivity index is 2.36. The molecule has 1 aliphatic carbocycles. The lowest BCUT2D eigenvalue weighted by molar-refractivity contribution is -0.385. The Labute approximate surface area is 102 Å². The molecule has 2 N–H and O–H groups in total. The van der Waals surface area contributed by atoms with Gasteiger partial charge in [0, 0.05) is 6.07 Å². The highest BCUT2D eigenvalue weighted by Gasteiger charge is 2.43. The van der Waals surface area contributed by atoms with Gasteiger partial charge >= 0.3 is 0 Å². The summed E-state index contributed by atoms with van der Waals surface area (Å²) < 4.78 is 0.532. The fourth-order valence-corrected chi connectivity index (χ4v) is 2.48. The van der Waals surface area contributed by atoms with Crippen LogP contribution in [0.4, 0.5) is 5.69 Å². The number of nitro benzene ring substituents is 1. The number of hydrogen-bond acceptors (Lipinski definition) is 3. The van der Waals surface area contributed by atoms with E-state index in [0.717, 1.165) is 24.8 Å². The van der Waals surface area contributed by atoms with Gasteiger partial charge in [-0.2, -0.15) is 0 Å². The molecule has 0 heterocycles. The highest BCUT2D eigenvalue weighted by atomic mass is 79.9. The maximum atomic E-state index is 10.8. The standard InChI is InChI=1S/C11H13BrN2O2/c12-9-2-1-8(7-10(9)14(15)16)11(3-4-11)5-6-13/h1-2,7H,3-6,13H2. The molecule has 16 heavy (non-hydrogen) atoms. The van der Waals surface area contributed by atoms with Gasteiger partial charge in [-0.3, -0.25) is 10.1 Å². The second kappa shape index (κ2) is 4.14. The molecule has 0 spiro atoms. The van der Waals surface area contributed by atoms with E-state index >= 15 is 0 Å². The van der Waals surface area contributed by atoms with Gasteiger partial charge in [-0.15, -0.1) is 0 Å². The van der Waals surface area contributed by atoms with Crippen LogP contribution in [-0.2, 0) is 5.41 Å². The van der Waals surface area contributed by atoms with Gasteiger partial charge in [0.2, 0.25) is 0 Å². The Kier molecular flexibility index (Phi) is 2.99. The van der Waals surface area contributed by atoms with Gasteiger partial charge < -0.3 is 5.73 Å². The largest absolute Gasteiger partial charge is 0.330 e. The highest BCUT2D eigenvalue weighted by molar-refractivity contribution is 9.10. The molecule has 0 aliphatic heterocycles. The van der Waals surface area contributed by atoms with Gasteiger partial charge in [0.25, 0.3) is 5.69 Å². The van der Waals surface area contributed by atoms with E-state index in [9.17, 15) is 10.1 Å². The van der Waals surface area contributed by atoms with Gasteiger partial charge in [-0.1, -0.05) is 6.07 Å². The number of rotatable bonds is 4. The van der Waals surface area contributed by atoms with Crippen LogP contribution in [0.1, 0.15) is 24.8 Å². The quantitative estimate of drug-likeness (QED) is 0.683. The van der Waals surface area contributed by atoms with Crippen molar-refractivity contribution in [2.24, 2.45) is 5.73 Å². The molecular formula is C11H13BrN2O2. The number of hydrogen-bond donors (Lipinski definition) is 1. The highest BCUT2D eigenvalue weighted by Crippen LogP contribution is 2.51. The summed E-state index contributed by atoms with van der Waals surface area (Å²) in [5.74, 6) is 0. The molecular weight excluding hydrogens is 272 g/mol. The summed E-state index contributed by atoms with van der Waals surface area (Å²) in [4.78, 5) is 10.5. The fraction of sp³-hybridized carbons (Fsp3) is 0.455. The van der Waals surface area contributed by atoms with E-state index in [2.05, 4.69) is 15.9 Å². The average molecular weight is 285 g/mol. The summed E-state index contributed by atoms with van der Waals surface area (Å²) in [6, 6.07) is 5.39. The monoisotopic (exact) mass is 284 g/mol. The van der Waals surface area contributed by atoms with Crippen LogP contribution < -0.4 is 5.73 Å². The number of nitrogens with zero attached hydrogens (tertiary/aromatic N) is 1. The molecule has 0 amide bonds. The van der Waals surface area contributed by atoms with E-state index < -0.39 is 0 Å². The predicted octanol–water partition coefficient (Wildman–Crippen LogP) is 2.74. The lowest BCUT2D eigenvalue weighted by Crippen LogP contribution is -2.13. The van der Waals surface area contributed by atoms with E-state index in [1.807, 2.05) is 6.07 Å². The number of halogens is 1. The molecule has 0 atom stereocenters. The molecule has 1 saturated carbocycles. The first-order valence-corrected chi connectivity index (χ1v) is 6.03. The summed E-state index contributed by atoms with van der Waals surface area (Å²) in [5.41, 5.74) is 6.88. The molecule has 0 saturated heterocycles. The molecule has 1 aromatic carbocycles. The Hall–Kier alpha value is -0.940. The predicted molar refractivity (Wildman–Crippen MR) is 65.4 cm³/mol. The summed E-state index contributed by atoms with van der Waals surface area (Å²) in [7, 11) is 0. The molecule has 1 aromatic rings. The van der Waals surface area contributed by atoms with Crippen molar-refractivity contribution in [2.75, 3.05) is 6.54 Å². The summed E-state index contributed by atoms with van der Waals surface area (Å²) in [6.45, 7) is 0.629. The zero-order valence-corrected chi connectivity index (χ0v) is 10.4. The van der Waals surface area contributed by atoms with Crippen LogP contribution in [0.25, 0.3) is 0 Å². The van der Waals surface area contributed by atoms with E-state index in [-0.39, 0.29) is 16.0 Å². The van der Waals surface area contributed by atoms with Gasteiger partial charge in [-0.05, 0) is 58.8 Å². The Morgan fingerprint density at radius 1 is 1.50 bits per heavy atom. The van der Waals surface area contributed by atoms with Crippen LogP contribution >= 0.6 is 15.9 Å². The Morgan fingerprint density at radius 3 is 2.69 bits per heavy atom. The normalized spacial score (nSPS) is 17.1. The van der Waals surface area contributed by atoms with Crippen molar-refractivity contribution < 1.29 is 4.92 Å². The van der Waals surface area contributed by atoms with Crippen LogP contribution in [0, 0.1) is 10.1 Å². The van der Waals surface area contributed by atoms with Crippen molar-refractivity contribution in [3.63, 3.8) is 0 Å². The molecule has 5 heteroatoms. The minimum absolute atomic E-state index is 0.111. The third-order valence-corrected chi connectivity index (χ3v) is 3.90. The average Bonchev–Trinajstić information content (AvgIpc) is 2.99. The third-order valence-electron chi connectivity index (χ3n) is 3.23. The summed E-state index contributed by atoms with van der Waals surface area (Å²) in [6.07, 6.45) is 3.08. The first kappa shape index (κ1) is 11.5. The molecule has 0 bridgehead atoms. The molecule has 0 aromatic heterocycles. The molecule has 86 valence electrons. The van der Waals surface area contributed by atoms with Crippen molar-refractivity contribution in [2.45, 2.75) is 24.7 Å². The lowest BCUT2D eigenvalue weighted by atomic mass is 9.92. The number of benzene rings is 1. The minimum atomic E-state index is -0.355. The number of nitrogens with two attached hydrogens (primary N) is 1. The van der Waals surface area contributed by atoms with E-state index in [4.69, 9.17) is 5.73 Å². The molecule has 1 fully saturated rings. The third kappa shape index (κ3) is 1.97. The Morgan fingerprint density at radius 2 is 2.19 bits per heavy atom. The second-order valence-electron chi connectivity index (χ2n) is 4.24. The van der Waals surface area contributed by atoms with E-state index in [1.54, 1.807) is 12.1 Å². The van der Waals surface area contributed by atoms with Crippen LogP contribution in [0.2, 0.25) is 0 Å². The van der Waals surface area contributed by atoms with E-state index in [0.29, 0.717) is 11.0 Å². The van der Waals surface area contributed by atoms with Crippen molar-refractivity contribution in [3.8, 4) is 0 Å². The maximum absolute atomic E-state index is 10.8. The lowest BCUT2D eigenvalue weighted by Gasteiger charge is -2.14. The SMILES string of the molecule is NCCC1(c2ccc(Br)c([N+](=O)[O-])c2)CC1. The topological polar surface area (TPSA) is 69.2 Å². The zero-order valence-electron chi connectivity index (χ0n) is 8.78. The van der Waals surface area contributed by atoms with Crippen molar-refractivity contribution in [1.29, 1.82) is 0 Å². The van der Waals surface area contributed by atoms with Crippen LogP contribution in [0.3, 0.4) is 0 Å². The Bertz CT molecular complexity index is 430. The molecule has 1 aliphatic rings. The maximum Gasteiger partial charge on any atom is 0.283 e. The minimum Gasteiger partial charge on any atom is -0.330 e. The second-order valence-corrected chi connectivity index (χ2v) is 5.10. The zero-order chi connectivity index (χ0) is 11.8. The van der Waals surface area contributed by atoms with E-state index in [1.165, 1.54) is 0 Å². The smallest absolute Gasteiger partial charge is 0.283 e. The fourth-order valence-electron chi connectivity index (χ4n) is 2.09. The molecule has 2 rings (SSSR count). The van der Waals surface area contributed by atoms with Gasteiger partial charge in [0.1, 0.15) is 0 Å². The van der Waals surface area contributed by atoms with Gasteiger partial charge in [0.05, 0.1) is 9.40 Å². The first-order chi connectivity index (χ1) is 7.59. The first-order valence-electron chi connectivity index (χ1n) is 5.23.